The van der Waals surface area contributed by atoms with Crippen LogP contribution in [0, 0.1) is 0 Å². The van der Waals surface area contributed by atoms with Crippen molar-refractivity contribution in [3.63, 3.8) is 0 Å². The molecule has 0 radical (unpaired) electrons. The van der Waals surface area contributed by atoms with Crippen molar-refractivity contribution in [2.45, 2.75) is 19.9 Å². The van der Waals surface area contributed by atoms with Crippen molar-refractivity contribution >= 4 is 17.6 Å². The molecule has 0 saturated carbocycles. The lowest BCUT2D eigenvalue weighted by molar-refractivity contribution is -0.136. The third-order valence-corrected chi connectivity index (χ3v) is 2.94. The van der Waals surface area contributed by atoms with Crippen molar-refractivity contribution in [2.75, 3.05) is 0 Å². The molecule has 0 spiro atoms. The molecule has 4 nitrogen and oxygen atoms in total. The Bertz CT molecular complexity index is 561. The normalized spacial score (nSPS) is 10.6. The van der Waals surface area contributed by atoms with Gasteiger partial charge in [-0.1, -0.05) is 11.6 Å². The number of carbonyl (C=O) groups is 1. The van der Waals surface area contributed by atoms with Gasteiger partial charge in [-0.2, -0.15) is 0 Å². The maximum atomic E-state index is 10.8. The van der Waals surface area contributed by atoms with Gasteiger partial charge in [0.25, 0.3) is 0 Å². The van der Waals surface area contributed by atoms with Crippen LogP contribution in [0.2, 0.25) is 5.02 Å². The van der Waals surface area contributed by atoms with E-state index in [-0.39, 0.29) is 6.42 Å². The zero-order valence-electron chi connectivity index (χ0n) is 9.93. The lowest BCUT2D eigenvalue weighted by Gasteiger charge is -2.08. The average Bonchev–Trinajstić information content (AvgIpc) is 2.72. The highest BCUT2D eigenvalue weighted by Gasteiger charge is 2.12. The summed E-state index contributed by atoms with van der Waals surface area (Å²) in [4.78, 5) is 15.1. The number of hydrogen-bond donors (Lipinski definition) is 1. The van der Waals surface area contributed by atoms with E-state index in [1.54, 1.807) is 18.3 Å². The first-order valence-electron chi connectivity index (χ1n) is 5.64. The van der Waals surface area contributed by atoms with Gasteiger partial charge in [-0.3, -0.25) is 4.79 Å². The number of carboxylic acids is 1. The van der Waals surface area contributed by atoms with Gasteiger partial charge in [-0.05, 0) is 31.2 Å². The molecule has 94 valence electrons. The zero-order chi connectivity index (χ0) is 13.1. The summed E-state index contributed by atoms with van der Waals surface area (Å²) >= 11 is 5.84. The average molecular weight is 265 g/mol. The van der Waals surface area contributed by atoms with E-state index in [4.69, 9.17) is 16.7 Å². The van der Waals surface area contributed by atoms with E-state index in [1.807, 2.05) is 23.6 Å². The van der Waals surface area contributed by atoms with Gasteiger partial charge in [-0.15, -0.1) is 0 Å². The van der Waals surface area contributed by atoms with Crippen LogP contribution in [0.3, 0.4) is 0 Å². The van der Waals surface area contributed by atoms with E-state index in [0.717, 1.165) is 11.4 Å². The fourth-order valence-corrected chi connectivity index (χ4v) is 2.02. The predicted octanol–water partition coefficient (Wildman–Crippen LogP) is 2.85. The molecular weight excluding hydrogens is 252 g/mol. The van der Waals surface area contributed by atoms with Crippen molar-refractivity contribution in [3.05, 3.63) is 41.2 Å². The van der Waals surface area contributed by atoms with Crippen LogP contribution in [0.25, 0.3) is 11.4 Å². The van der Waals surface area contributed by atoms with Crippen molar-refractivity contribution in [1.82, 2.24) is 9.55 Å². The second-order valence-electron chi connectivity index (χ2n) is 3.89. The molecule has 5 heteroatoms. The third kappa shape index (κ3) is 2.54. The number of imidazole rings is 1. The predicted molar refractivity (Wildman–Crippen MR) is 69.7 cm³/mol. The van der Waals surface area contributed by atoms with Crippen LogP contribution in [0.4, 0.5) is 0 Å². The monoisotopic (exact) mass is 264 g/mol. The highest BCUT2D eigenvalue weighted by Crippen LogP contribution is 2.22. The highest BCUT2D eigenvalue weighted by molar-refractivity contribution is 6.30. The Kier molecular flexibility index (Phi) is 3.67. The van der Waals surface area contributed by atoms with Gasteiger partial charge in [0.15, 0.2) is 0 Å². The van der Waals surface area contributed by atoms with Gasteiger partial charge in [0, 0.05) is 29.0 Å². The molecule has 0 aliphatic rings. The highest BCUT2D eigenvalue weighted by atomic mass is 35.5. The van der Waals surface area contributed by atoms with Gasteiger partial charge in [0.2, 0.25) is 0 Å². The van der Waals surface area contributed by atoms with Crippen LogP contribution in [-0.4, -0.2) is 20.6 Å². The summed E-state index contributed by atoms with van der Waals surface area (Å²) in [5.74, 6) is -0.0855. The molecule has 1 aromatic carbocycles. The largest absolute Gasteiger partial charge is 0.481 e. The van der Waals surface area contributed by atoms with Crippen LogP contribution < -0.4 is 0 Å². The van der Waals surface area contributed by atoms with Gasteiger partial charge < -0.3 is 9.67 Å². The number of carboxylic acid groups (broad SMARTS) is 1. The van der Waals surface area contributed by atoms with Crippen molar-refractivity contribution in [3.8, 4) is 11.4 Å². The number of aromatic nitrogens is 2. The smallest absolute Gasteiger partial charge is 0.309 e. The second-order valence-corrected chi connectivity index (χ2v) is 4.33. The molecule has 1 N–H and O–H groups in total. The van der Waals surface area contributed by atoms with Crippen LogP contribution in [-0.2, 0) is 17.8 Å². The number of aliphatic carboxylic acids is 1. The standard InChI is InChI=1S/C13H13ClN2O2/c1-2-16-11(7-12(17)18)8-15-13(16)9-3-5-10(14)6-4-9/h3-6,8H,2,7H2,1H3,(H,17,18). The summed E-state index contributed by atoms with van der Waals surface area (Å²) in [6, 6.07) is 7.34. The Morgan fingerprint density at radius 3 is 2.61 bits per heavy atom. The third-order valence-electron chi connectivity index (χ3n) is 2.69. The van der Waals surface area contributed by atoms with Crippen LogP contribution in [0.15, 0.2) is 30.5 Å². The minimum Gasteiger partial charge on any atom is -0.481 e. The Morgan fingerprint density at radius 1 is 1.39 bits per heavy atom. The minimum absolute atomic E-state index is 0.0194. The number of benzene rings is 1. The van der Waals surface area contributed by atoms with Gasteiger partial charge >= 0.3 is 5.97 Å². The van der Waals surface area contributed by atoms with E-state index in [2.05, 4.69) is 4.98 Å². The van der Waals surface area contributed by atoms with Gasteiger partial charge in [0.1, 0.15) is 5.82 Å². The molecule has 2 aromatic rings. The first kappa shape index (κ1) is 12.6. The molecule has 0 atom stereocenters. The number of nitrogens with zero attached hydrogens (tertiary/aromatic N) is 2. The maximum absolute atomic E-state index is 10.8. The van der Waals surface area contributed by atoms with Gasteiger partial charge in [-0.25, -0.2) is 4.98 Å². The number of hydrogen-bond acceptors (Lipinski definition) is 2. The Morgan fingerprint density at radius 2 is 2.06 bits per heavy atom. The summed E-state index contributed by atoms with van der Waals surface area (Å²) in [5, 5.41) is 9.51. The first-order valence-corrected chi connectivity index (χ1v) is 6.01. The number of halogens is 1. The van der Waals surface area contributed by atoms with E-state index in [9.17, 15) is 4.79 Å². The SMILES string of the molecule is CCn1c(CC(=O)O)cnc1-c1ccc(Cl)cc1. The quantitative estimate of drug-likeness (QED) is 0.924. The summed E-state index contributed by atoms with van der Waals surface area (Å²) in [6.07, 6.45) is 1.59. The summed E-state index contributed by atoms with van der Waals surface area (Å²) in [5.41, 5.74) is 1.63. The summed E-state index contributed by atoms with van der Waals surface area (Å²) in [7, 11) is 0. The molecule has 1 heterocycles. The van der Waals surface area contributed by atoms with E-state index in [1.165, 1.54) is 0 Å². The molecule has 0 fully saturated rings. The fourth-order valence-electron chi connectivity index (χ4n) is 1.89. The molecule has 0 amide bonds. The molecule has 18 heavy (non-hydrogen) atoms. The van der Waals surface area contributed by atoms with E-state index >= 15 is 0 Å². The maximum Gasteiger partial charge on any atom is 0.309 e. The first-order chi connectivity index (χ1) is 8.61. The lowest BCUT2D eigenvalue weighted by Crippen LogP contribution is -2.08. The zero-order valence-corrected chi connectivity index (χ0v) is 10.7. The fraction of sp³-hybridized carbons (Fsp3) is 0.231. The summed E-state index contributed by atoms with van der Waals surface area (Å²) < 4.78 is 1.90. The Hall–Kier alpha value is -1.81. The van der Waals surface area contributed by atoms with Crippen molar-refractivity contribution < 1.29 is 9.90 Å². The van der Waals surface area contributed by atoms with Crippen molar-refractivity contribution in [1.29, 1.82) is 0 Å². The Labute approximate surface area is 110 Å². The Balaban J connectivity index is 2.42. The second kappa shape index (κ2) is 5.23. The minimum atomic E-state index is -0.854. The molecule has 0 aliphatic carbocycles. The molecule has 0 saturated heterocycles. The molecule has 1 aromatic heterocycles. The molecule has 2 rings (SSSR count). The van der Waals surface area contributed by atoms with Crippen LogP contribution in [0.1, 0.15) is 12.6 Å². The lowest BCUT2D eigenvalue weighted by atomic mass is 10.2. The topological polar surface area (TPSA) is 55.1 Å². The molecule has 0 unspecified atom stereocenters. The molecule has 0 aliphatic heterocycles. The van der Waals surface area contributed by atoms with Gasteiger partial charge in [0.05, 0.1) is 6.42 Å². The van der Waals surface area contributed by atoms with E-state index < -0.39 is 5.97 Å². The number of rotatable bonds is 4. The van der Waals surface area contributed by atoms with Crippen molar-refractivity contribution in [2.24, 2.45) is 0 Å². The van der Waals surface area contributed by atoms with Crippen LogP contribution >= 0.6 is 11.6 Å². The van der Waals surface area contributed by atoms with Crippen LogP contribution in [0.5, 0.6) is 0 Å². The molecular formula is C13H13ClN2O2. The van der Waals surface area contributed by atoms with E-state index in [0.29, 0.717) is 17.3 Å². The molecule has 0 bridgehead atoms. The summed E-state index contributed by atoms with van der Waals surface area (Å²) in [6.45, 7) is 2.65.